The summed E-state index contributed by atoms with van der Waals surface area (Å²) < 4.78 is 56.8. The summed E-state index contributed by atoms with van der Waals surface area (Å²) in [7, 11) is 0. The van der Waals surface area contributed by atoms with E-state index in [0.717, 1.165) is 12.3 Å². The Morgan fingerprint density at radius 1 is 1.11 bits per heavy atom. The number of nitrogens with zero attached hydrogens (tertiary/aromatic N) is 2. The highest BCUT2D eigenvalue weighted by Gasteiger charge is 2.75. The Kier molecular flexibility index (Phi) is 10.4. The van der Waals surface area contributed by atoms with E-state index in [1.54, 1.807) is 20.8 Å². The van der Waals surface area contributed by atoms with E-state index in [4.69, 9.17) is 14.6 Å². The number of ketones is 2. The number of ether oxygens (including phenoxy) is 2. The number of carbonyl (C=O) groups excluding carboxylic acids is 4. The van der Waals surface area contributed by atoms with Crippen LogP contribution in [0.1, 0.15) is 78.4 Å². The van der Waals surface area contributed by atoms with Crippen molar-refractivity contribution in [2.24, 2.45) is 28.6 Å². The van der Waals surface area contributed by atoms with E-state index in [1.807, 2.05) is 0 Å². The standard InChI is InChI=1S/C37H46F3N3O11/c1-19-14-23-22-9-8-20-15-21(45)10-12-33(20,2)35(22,38)25(46)16-34(23,3)36(19,52)26(47)18-53-29(49)7-5-4-6-28(48)41-27-11-13-43(32(51)42-27)31-37(39,40)30(50)24(17-44)54-31/h10-13,15,19,22-25,30-31,44,46,50,52H,4-9,14,16-18H2,1-3H3,(H,41,42,48,51)/t19-,22?,23?,24-,25+,30-,31-,33+,34+,35+,36+/m1/s1. The van der Waals surface area contributed by atoms with Crippen LogP contribution in [0, 0.1) is 28.6 Å². The minimum absolute atomic E-state index is 0.121. The topological polar surface area (TPSA) is 215 Å². The summed E-state index contributed by atoms with van der Waals surface area (Å²) in [5.74, 6) is -8.29. The van der Waals surface area contributed by atoms with Crippen LogP contribution in [0.25, 0.3) is 0 Å². The molecule has 14 nitrogen and oxygen atoms in total. The molecule has 0 spiro atoms. The Balaban J connectivity index is 0.992. The molecule has 6 rings (SSSR count). The summed E-state index contributed by atoms with van der Waals surface area (Å²) in [5, 5.41) is 44.8. The van der Waals surface area contributed by atoms with Crippen molar-refractivity contribution in [3.05, 3.63) is 46.5 Å². The molecule has 3 saturated carbocycles. The fraction of sp³-hybridized carbons (Fsp3) is 0.676. The van der Waals surface area contributed by atoms with Crippen molar-refractivity contribution >= 4 is 29.3 Å². The molecule has 4 fully saturated rings. The Morgan fingerprint density at radius 2 is 1.81 bits per heavy atom. The summed E-state index contributed by atoms with van der Waals surface area (Å²) in [4.78, 5) is 66.8. The maximum atomic E-state index is 17.4. The zero-order valence-corrected chi connectivity index (χ0v) is 30.2. The van der Waals surface area contributed by atoms with Gasteiger partial charge in [0, 0.05) is 35.8 Å². The second-order valence-electron chi connectivity index (χ2n) is 15.8. The third-order valence-corrected chi connectivity index (χ3v) is 13.0. The molecule has 1 aromatic heterocycles. The van der Waals surface area contributed by atoms with Crippen molar-refractivity contribution in [1.82, 2.24) is 9.55 Å². The number of nitrogens with one attached hydrogen (secondary N) is 1. The lowest BCUT2D eigenvalue weighted by molar-refractivity contribution is -0.220. The van der Waals surface area contributed by atoms with Crippen LogP contribution in [-0.4, -0.2) is 102 Å². The van der Waals surface area contributed by atoms with E-state index in [-0.39, 0.29) is 43.7 Å². The molecule has 2 heterocycles. The predicted molar refractivity (Wildman–Crippen MR) is 181 cm³/mol. The van der Waals surface area contributed by atoms with Crippen molar-refractivity contribution in [2.75, 3.05) is 18.5 Å². The van der Waals surface area contributed by atoms with E-state index in [1.165, 1.54) is 18.2 Å². The summed E-state index contributed by atoms with van der Waals surface area (Å²) in [6.45, 7) is 3.42. The highest BCUT2D eigenvalue weighted by Crippen LogP contribution is 2.70. The van der Waals surface area contributed by atoms with E-state index < -0.39 is 107 Å². The molecule has 1 aliphatic heterocycles. The molecule has 1 aromatic rings. The first kappa shape index (κ1) is 39.9. The number of anilines is 1. The van der Waals surface area contributed by atoms with Gasteiger partial charge in [-0.15, -0.1) is 0 Å². The highest BCUT2D eigenvalue weighted by molar-refractivity contribution is 6.01. The molecule has 0 radical (unpaired) electrons. The number of aliphatic hydroxyl groups is 4. The van der Waals surface area contributed by atoms with Crippen molar-refractivity contribution in [2.45, 2.75) is 114 Å². The largest absolute Gasteiger partial charge is 0.458 e. The molecule has 296 valence electrons. The number of halogens is 3. The first-order valence-electron chi connectivity index (χ1n) is 18.2. The Morgan fingerprint density at radius 3 is 2.48 bits per heavy atom. The first-order chi connectivity index (χ1) is 25.2. The fourth-order valence-corrected chi connectivity index (χ4v) is 10.0. The van der Waals surface area contributed by atoms with Gasteiger partial charge in [-0.05, 0) is 75.5 Å². The van der Waals surface area contributed by atoms with Crippen LogP contribution in [0.4, 0.5) is 19.0 Å². The summed E-state index contributed by atoms with van der Waals surface area (Å²) in [6, 6.07) is 1.08. The lowest BCUT2D eigenvalue weighted by atomic mass is 9.44. The predicted octanol–water partition coefficient (Wildman–Crippen LogP) is 2.09. The van der Waals surface area contributed by atoms with Crippen LogP contribution in [0.3, 0.4) is 0 Å². The first-order valence-corrected chi connectivity index (χ1v) is 18.2. The molecule has 4 aliphatic carbocycles. The summed E-state index contributed by atoms with van der Waals surface area (Å²) >= 11 is 0. The Labute approximate surface area is 308 Å². The molecule has 2 unspecified atom stereocenters. The van der Waals surface area contributed by atoms with E-state index in [9.17, 15) is 48.1 Å². The maximum Gasteiger partial charge on any atom is 0.351 e. The lowest BCUT2D eigenvalue weighted by Gasteiger charge is -2.62. The van der Waals surface area contributed by atoms with Gasteiger partial charge in [0.15, 0.2) is 24.2 Å². The molecular weight excluding hydrogens is 719 g/mol. The normalized spacial score (nSPS) is 39.3. The number of fused-ring (bicyclic) bond motifs is 5. The molecular formula is C37H46F3N3O11. The number of alkyl halides is 3. The van der Waals surface area contributed by atoms with Crippen molar-refractivity contribution in [3.8, 4) is 0 Å². The van der Waals surface area contributed by atoms with Gasteiger partial charge in [0.25, 0.3) is 0 Å². The summed E-state index contributed by atoms with van der Waals surface area (Å²) in [5.41, 5.74) is -7.17. The minimum atomic E-state index is -3.90. The van der Waals surface area contributed by atoms with Crippen LogP contribution in [0.5, 0.6) is 0 Å². The molecule has 1 saturated heterocycles. The van der Waals surface area contributed by atoms with Crippen LogP contribution in [0.15, 0.2) is 40.9 Å². The molecule has 5 N–H and O–H groups in total. The SMILES string of the molecule is C[C@@H]1CC2C3CCC4=CC(=O)C=C[C@]4(C)[C@@]3(F)[C@@H](O)C[C@]2(C)[C@@]1(O)C(=O)COC(=O)CCCCC(=O)Nc1ccn([C@@H]2O[C@H](CO)[C@@H](O)C2(F)F)c(=O)n1. The molecule has 11 atom stereocenters. The molecule has 0 bridgehead atoms. The van der Waals surface area contributed by atoms with Gasteiger partial charge in [-0.3, -0.25) is 23.7 Å². The number of aliphatic hydroxyl groups excluding tert-OH is 3. The Bertz CT molecular complexity index is 1840. The van der Waals surface area contributed by atoms with E-state index >= 15 is 4.39 Å². The second-order valence-corrected chi connectivity index (χ2v) is 15.8. The number of hydrogen-bond donors (Lipinski definition) is 5. The number of Topliss-reactive ketones (excluding diaryl/α,β-unsaturated/α-hetero) is 1. The van der Waals surface area contributed by atoms with Gasteiger partial charge in [0.1, 0.15) is 17.5 Å². The summed E-state index contributed by atoms with van der Waals surface area (Å²) in [6.07, 6.45) is -1.62. The Hall–Kier alpha value is -3.77. The number of aromatic nitrogens is 2. The minimum Gasteiger partial charge on any atom is -0.458 e. The molecule has 17 heteroatoms. The van der Waals surface area contributed by atoms with Gasteiger partial charge in [-0.1, -0.05) is 25.5 Å². The second kappa shape index (κ2) is 14.1. The van der Waals surface area contributed by atoms with Crippen LogP contribution in [0.2, 0.25) is 0 Å². The third kappa shape index (κ3) is 6.06. The number of amides is 1. The van der Waals surface area contributed by atoms with Crippen LogP contribution >= 0.6 is 0 Å². The van der Waals surface area contributed by atoms with Gasteiger partial charge >= 0.3 is 17.6 Å². The average molecular weight is 766 g/mol. The average Bonchev–Trinajstić information content (AvgIpc) is 3.46. The number of carbonyl (C=O) groups is 4. The van der Waals surface area contributed by atoms with Gasteiger partial charge in [-0.2, -0.15) is 13.8 Å². The maximum absolute atomic E-state index is 17.4. The van der Waals surface area contributed by atoms with Gasteiger partial charge < -0.3 is 35.2 Å². The third-order valence-electron chi connectivity index (χ3n) is 13.0. The number of rotatable bonds is 11. The fourth-order valence-electron chi connectivity index (χ4n) is 10.0. The van der Waals surface area contributed by atoms with Gasteiger partial charge in [0.2, 0.25) is 17.9 Å². The quantitative estimate of drug-likeness (QED) is 0.162. The smallest absolute Gasteiger partial charge is 0.351 e. The zero-order chi connectivity index (χ0) is 39.6. The van der Waals surface area contributed by atoms with Gasteiger partial charge in [-0.25, -0.2) is 9.18 Å². The molecule has 1 amide bonds. The monoisotopic (exact) mass is 765 g/mol. The van der Waals surface area contributed by atoms with Crippen LogP contribution < -0.4 is 11.0 Å². The van der Waals surface area contributed by atoms with E-state index in [0.29, 0.717) is 29.4 Å². The molecule has 54 heavy (non-hydrogen) atoms. The lowest BCUT2D eigenvalue weighted by Crippen LogP contribution is -2.69. The van der Waals surface area contributed by atoms with Crippen molar-refractivity contribution < 1.29 is 62.2 Å². The number of allylic oxidation sites excluding steroid dienone is 4. The highest BCUT2D eigenvalue weighted by atomic mass is 19.3. The van der Waals surface area contributed by atoms with Crippen molar-refractivity contribution in [3.63, 3.8) is 0 Å². The molecule has 5 aliphatic rings. The number of hydrogen-bond acceptors (Lipinski definition) is 12. The van der Waals surface area contributed by atoms with Gasteiger partial charge in [0.05, 0.1) is 12.7 Å². The molecule has 0 aromatic carbocycles. The van der Waals surface area contributed by atoms with Crippen molar-refractivity contribution in [1.29, 1.82) is 0 Å². The number of unbranched alkanes of at least 4 members (excludes halogenated alkanes) is 1. The number of esters is 1. The zero-order valence-electron chi connectivity index (χ0n) is 30.2. The van der Waals surface area contributed by atoms with Crippen LogP contribution in [-0.2, 0) is 28.7 Å². The van der Waals surface area contributed by atoms with E-state index in [2.05, 4.69) is 10.3 Å².